The Kier molecular flexibility index (Phi) is 7.36. The molecule has 6 nitrogen and oxygen atoms in total. The summed E-state index contributed by atoms with van der Waals surface area (Å²) in [7, 11) is -3.63. The number of nitrogens with zero attached hydrogens (tertiary/aromatic N) is 1. The van der Waals surface area contributed by atoms with Gasteiger partial charge < -0.3 is 14.5 Å². The first kappa shape index (κ1) is 23.3. The summed E-state index contributed by atoms with van der Waals surface area (Å²) in [5.41, 5.74) is 0.946. The van der Waals surface area contributed by atoms with Crippen LogP contribution in [0.1, 0.15) is 32.8 Å². The van der Waals surface area contributed by atoms with Gasteiger partial charge in [-0.15, -0.1) is 0 Å². The van der Waals surface area contributed by atoms with Crippen LogP contribution < -0.4 is 10.1 Å². The molecule has 28 heavy (non-hydrogen) atoms. The van der Waals surface area contributed by atoms with Gasteiger partial charge in [-0.05, 0) is 48.8 Å². The van der Waals surface area contributed by atoms with Crippen LogP contribution in [0.2, 0.25) is 18.1 Å². The Morgan fingerprint density at radius 1 is 1.21 bits per heavy atom. The molecule has 8 heteroatoms. The van der Waals surface area contributed by atoms with Crippen LogP contribution in [0.3, 0.4) is 0 Å². The Morgan fingerprint density at radius 2 is 1.82 bits per heavy atom. The van der Waals surface area contributed by atoms with Crippen molar-refractivity contribution in [2.75, 3.05) is 26.5 Å². The molecular formula is C20H36N2O4SSi. The molecule has 1 heterocycles. The van der Waals surface area contributed by atoms with Gasteiger partial charge in [-0.1, -0.05) is 32.9 Å². The van der Waals surface area contributed by atoms with Gasteiger partial charge in [-0.3, -0.25) is 0 Å². The monoisotopic (exact) mass is 428 g/mol. The standard InChI is InChI=1S/C20H36N2O4SSi/c1-20(2,3)28(6,7)26-15-18-19(12-13-21-18)22(27(5,23)24)14-16-8-10-17(25-4)11-9-16/h8-11,18-19,21H,12-15H2,1-7H3/t18-,19-/m0/s1. The number of sulfonamides is 1. The van der Waals surface area contributed by atoms with E-state index in [1.807, 2.05) is 24.3 Å². The number of rotatable bonds is 8. The molecule has 0 saturated carbocycles. The lowest BCUT2D eigenvalue weighted by Crippen LogP contribution is -2.51. The molecule has 1 N–H and O–H groups in total. The average molecular weight is 429 g/mol. The molecule has 0 aromatic heterocycles. The van der Waals surface area contributed by atoms with Crippen LogP contribution in [0.25, 0.3) is 0 Å². The van der Waals surface area contributed by atoms with E-state index in [1.54, 1.807) is 11.4 Å². The van der Waals surface area contributed by atoms with Crippen molar-refractivity contribution in [2.45, 2.75) is 64.0 Å². The quantitative estimate of drug-likeness (QED) is 0.644. The van der Waals surface area contributed by atoms with Crippen molar-refractivity contribution in [3.8, 4) is 5.75 Å². The van der Waals surface area contributed by atoms with Gasteiger partial charge in [0.05, 0.1) is 20.0 Å². The van der Waals surface area contributed by atoms with Gasteiger partial charge in [0.1, 0.15) is 5.75 Å². The van der Waals surface area contributed by atoms with Gasteiger partial charge in [0.25, 0.3) is 0 Å². The van der Waals surface area contributed by atoms with Crippen molar-refractivity contribution in [2.24, 2.45) is 0 Å². The summed E-state index contributed by atoms with van der Waals surface area (Å²) in [6.07, 6.45) is 2.08. The van der Waals surface area contributed by atoms with Crippen molar-refractivity contribution >= 4 is 18.3 Å². The second kappa shape index (κ2) is 8.83. The van der Waals surface area contributed by atoms with E-state index in [4.69, 9.17) is 9.16 Å². The molecule has 0 bridgehead atoms. The predicted molar refractivity (Wildman–Crippen MR) is 117 cm³/mol. The zero-order chi connectivity index (χ0) is 21.2. The van der Waals surface area contributed by atoms with E-state index in [1.165, 1.54) is 6.26 Å². The third-order valence-corrected chi connectivity index (χ3v) is 11.8. The molecule has 2 atom stereocenters. The lowest BCUT2D eigenvalue weighted by molar-refractivity contribution is 0.201. The topological polar surface area (TPSA) is 67.9 Å². The first-order chi connectivity index (χ1) is 12.8. The van der Waals surface area contributed by atoms with Gasteiger partial charge in [-0.25, -0.2) is 8.42 Å². The summed E-state index contributed by atoms with van der Waals surface area (Å²) in [5, 5.41) is 3.58. The van der Waals surface area contributed by atoms with E-state index in [2.05, 4.69) is 39.2 Å². The summed E-state index contributed by atoms with van der Waals surface area (Å²) in [4.78, 5) is 0. The van der Waals surface area contributed by atoms with Gasteiger partial charge in [0.15, 0.2) is 8.32 Å². The third kappa shape index (κ3) is 5.79. The molecule has 1 aromatic carbocycles. The molecule has 2 rings (SSSR count). The Hall–Kier alpha value is -0.933. The van der Waals surface area contributed by atoms with Gasteiger partial charge in [0.2, 0.25) is 10.0 Å². The fourth-order valence-electron chi connectivity index (χ4n) is 3.17. The maximum atomic E-state index is 12.6. The molecule has 0 radical (unpaired) electrons. The second-order valence-corrected chi connectivity index (χ2v) is 15.9. The number of ether oxygens (including phenoxy) is 1. The SMILES string of the molecule is COc1ccc(CN([C@H]2CCN[C@H]2CO[Si](C)(C)C(C)(C)C)S(C)(=O)=O)cc1. The van der Waals surface area contributed by atoms with Crippen molar-refractivity contribution < 1.29 is 17.6 Å². The summed E-state index contributed by atoms with van der Waals surface area (Å²) >= 11 is 0. The Labute approximate surface area is 171 Å². The van der Waals surface area contributed by atoms with Gasteiger partial charge >= 0.3 is 0 Å². The lowest BCUT2D eigenvalue weighted by Gasteiger charge is -2.38. The first-order valence-electron chi connectivity index (χ1n) is 9.82. The predicted octanol–water partition coefficient (Wildman–Crippen LogP) is 3.21. The van der Waals surface area contributed by atoms with E-state index >= 15 is 0 Å². The van der Waals surface area contributed by atoms with Gasteiger partial charge in [0, 0.05) is 18.6 Å². The minimum Gasteiger partial charge on any atom is -0.497 e. The zero-order valence-corrected chi connectivity index (χ0v) is 20.1. The zero-order valence-electron chi connectivity index (χ0n) is 18.3. The second-order valence-electron chi connectivity index (χ2n) is 9.14. The fraction of sp³-hybridized carbons (Fsp3) is 0.700. The Balaban J connectivity index is 2.15. The van der Waals surface area contributed by atoms with Crippen LogP contribution in [-0.2, 0) is 21.0 Å². The summed E-state index contributed by atoms with van der Waals surface area (Å²) in [6.45, 7) is 12.8. The maximum absolute atomic E-state index is 12.6. The lowest BCUT2D eigenvalue weighted by atomic mass is 10.1. The summed E-state index contributed by atoms with van der Waals surface area (Å²) < 4.78 is 38.4. The minimum absolute atomic E-state index is 0.00194. The smallest absolute Gasteiger partial charge is 0.211 e. The van der Waals surface area contributed by atoms with E-state index < -0.39 is 18.3 Å². The minimum atomic E-state index is -3.36. The highest BCUT2D eigenvalue weighted by Crippen LogP contribution is 2.37. The normalized spacial score (nSPS) is 21.3. The number of methoxy groups -OCH3 is 1. The molecule has 0 aliphatic carbocycles. The van der Waals surface area contributed by atoms with Crippen LogP contribution in [0.5, 0.6) is 5.75 Å². The van der Waals surface area contributed by atoms with E-state index in [0.717, 1.165) is 24.3 Å². The van der Waals surface area contributed by atoms with Crippen LogP contribution in [0.4, 0.5) is 0 Å². The highest BCUT2D eigenvalue weighted by Gasteiger charge is 2.41. The number of benzene rings is 1. The summed E-state index contributed by atoms with van der Waals surface area (Å²) in [6, 6.07) is 7.45. The van der Waals surface area contributed by atoms with Crippen LogP contribution in [0, 0.1) is 0 Å². The van der Waals surface area contributed by atoms with E-state index in [0.29, 0.717) is 13.2 Å². The van der Waals surface area contributed by atoms with Crippen LogP contribution >= 0.6 is 0 Å². The Bertz CT molecular complexity index is 744. The third-order valence-electron chi connectivity index (χ3n) is 6.03. The molecule has 1 aliphatic rings. The molecule has 1 aliphatic heterocycles. The van der Waals surface area contributed by atoms with Crippen molar-refractivity contribution in [1.29, 1.82) is 0 Å². The largest absolute Gasteiger partial charge is 0.497 e. The van der Waals surface area contributed by atoms with Crippen molar-refractivity contribution in [1.82, 2.24) is 9.62 Å². The van der Waals surface area contributed by atoms with E-state index in [9.17, 15) is 8.42 Å². The van der Waals surface area contributed by atoms with Crippen LogP contribution in [0.15, 0.2) is 24.3 Å². The van der Waals surface area contributed by atoms with Gasteiger partial charge in [-0.2, -0.15) is 4.31 Å². The number of nitrogens with one attached hydrogen (secondary N) is 1. The first-order valence-corrected chi connectivity index (χ1v) is 14.6. The summed E-state index contributed by atoms with van der Waals surface area (Å²) in [5.74, 6) is 0.762. The number of hydrogen-bond donors (Lipinski definition) is 1. The molecule has 1 aromatic rings. The molecule has 1 saturated heterocycles. The van der Waals surface area contributed by atoms with Crippen molar-refractivity contribution in [3.05, 3.63) is 29.8 Å². The molecule has 160 valence electrons. The van der Waals surface area contributed by atoms with Crippen LogP contribution in [-0.4, -0.2) is 59.6 Å². The molecular weight excluding hydrogens is 392 g/mol. The molecule has 0 unspecified atom stereocenters. The highest BCUT2D eigenvalue weighted by molar-refractivity contribution is 7.88. The molecule has 0 spiro atoms. The van der Waals surface area contributed by atoms with E-state index in [-0.39, 0.29) is 17.1 Å². The molecule has 0 amide bonds. The number of hydrogen-bond acceptors (Lipinski definition) is 5. The fourth-order valence-corrected chi connectivity index (χ4v) is 5.33. The maximum Gasteiger partial charge on any atom is 0.211 e. The molecule has 1 fully saturated rings. The average Bonchev–Trinajstić information content (AvgIpc) is 3.04. The van der Waals surface area contributed by atoms with Crippen molar-refractivity contribution in [3.63, 3.8) is 0 Å². The highest BCUT2D eigenvalue weighted by atomic mass is 32.2. The Morgan fingerprint density at radius 3 is 2.32 bits per heavy atom.